The summed E-state index contributed by atoms with van der Waals surface area (Å²) >= 11 is 0. The Morgan fingerprint density at radius 2 is 1.33 bits per heavy atom. The normalized spacial score (nSPS) is 20.9. The first kappa shape index (κ1) is 15.7. The van der Waals surface area contributed by atoms with Gasteiger partial charge in [-0.3, -0.25) is 0 Å². The zero-order valence-electron chi connectivity index (χ0n) is 11.9. The van der Waals surface area contributed by atoms with E-state index in [4.69, 9.17) is 9.47 Å². The molecular formula is C16H30O2. The topological polar surface area (TPSA) is 18.5 Å². The fourth-order valence-corrected chi connectivity index (χ4v) is 2.57. The van der Waals surface area contributed by atoms with Gasteiger partial charge in [-0.2, -0.15) is 0 Å². The summed E-state index contributed by atoms with van der Waals surface area (Å²) in [6.45, 7) is 4.65. The molecule has 0 aliphatic heterocycles. The lowest BCUT2D eigenvalue weighted by molar-refractivity contribution is -0.0874. The molecule has 1 saturated carbocycles. The molecule has 0 unspecified atom stereocenters. The van der Waals surface area contributed by atoms with E-state index < -0.39 is 0 Å². The number of hydrogen-bond acceptors (Lipinski definition) is 2. The van der Waals surface area contributed by atoms with Crippen molar-refractivity contribution in [2.75, 3.05) is 13.4 Å². The Labute approximate surface area is 113 Å². The maximum atomic E-state index is 5.82. The molecule has 106 valence electrons. The molecule has 0 atom stereocenters. The fourth-order valence-electron chi connectivity index (χ4n) is 2.57. The largest absolute Gasteiger partial charge is 0.352 e. The lowest BCUT2D eigenvalue weighted by atomic mass is 9.99. The first-order valence-corrected chi connectivity index (χ1v) is 7.73. The highest BCUT2D eigenvalue weighted by molar-refractivity contribution is 4.64. The molecule has 2 nitrogen and oxygen atoms in total. The minimum atomic E-state index is 0.411. The van der Waals surface area contributed by atoms with Crippen molar-refractivity contribution < 1.29 is 9.47 Å². The molecule has 18 heavy (non-hydrogen) atoms. The maximum absolute atomic E-state index is 5.82. The van der Waals surface area contributed by atoms with Crippen molar-refractivity contribution in [3.63, 3.8) is 0 Å². The molecule has 0 N–H and O–H groups in total. The van der Waals surface area contributed by atoms with Gasteiger partial charge < -0.3 is 9.47 Å². The van der Waals surface area contributed by atoms with Crippen LogP contribution in [-0.4, -0.2) is 19.5 Å². The Balaban J connectivity index is 2.16. The van der Waals surface area contributed by atoms with Gasteiger partial charge in [0.2, 0.25) is 0 Å². The van der Waals surface area contributed by atoms with Gasteiger partial charge in [-0.05, 0) is 12.8 Å². The molecule has 0 spiro atoms. The second-order valence-corrected chi connectivity index (χ2v) is 5.33. The van der Waals surface area contributed by atoms with Crippen LogP contribution in [0.5, 0.6) is 0 Å². The lowest BCUT2D eigenvalue weighted by Crippen LogP contribution is -2.15. The van der Waals surface area contributed by atoms with E-state index in [0.717, 1.165) is 0 Å². The van der Waals surface area contributed by atoms with Crippen molar-refractivity contribution in [2.45, 2.75) is 76.7 Å². The van der Waals surface area contributed by atoms with Crippen LogP contribution in [0.4, 0.5) is 0 Å². The van der Waals surface area contributed by atoms with E-state index in [0.29, 0.717) is 19.5 Å². The molecule has 0 aromatic carbocycles. The fraction of sp³-hybridized carbons (Fsp3) is 0.875. The summed E-state index contributed by atoms with van der Waals surface area (Å²) in [6, 6.07) is 0. The van der Waals surface area contributed by atoms with Gasteiger partial charge in [0.05, 0.1) is 12.7 Å². The third-order valence-electron chi connectivity index (χ3n) is 3.67. The lowest BCUT2D eigenvalue weighted by Gasteiger charge is -2.18. The van der Waals surface area contributed by atoms with Crippen molar-refractivity contribution in [1.29, 1.82) is 0 Å². The average Bonchev–Trinajstić information content (AvgIpc) is 2.37. The summed E-state index contributed by atoms with van der Waals surface area (Å²) in [7, 11) is 0. The Hall–Kier alpha value is -0.340. The molecular weight excluding hydrogens is 224 g/mol. The van der Waals surface area contributed by atoms with Gasteiger partial charge in [-0.25, -0.2) is 0 Å². The summed E-state index contributed by atoms with van der Waals surface area (Å²) in [4.78, 5) is 0. The second-order valence-electron chi connectivity index (χ2n) is 5.33. The standard InChI is InChI=1S/C16H30O2/c1-2-14-17-15-18-16-12-10-8-6-4-3-5-7-9-11-13-16/h2,16H,1,3-15H2. The van der Waals surface area contributed by atoms with Crippen LogP contribution in [0, 0.1) is 0 Å². The van der Waals surface area contributed by atoms with E-state index in [9.17, 15) is 0 Å². The average molecular weight is 254 g/mol. The summed E-state index contributed by atoms with van der Waals surface area (Å²) in [5.41, 5.74) is 0. The van der Waals surface area contributed by atoms with Crippen LogP contribution < -0.4 is 0 Å². The quantitative estimate of drug-likeness (QED) is 0.397. The highest BCUT2D eigenvalue weighted by Gasteiger charge is 2.09. The van der Waals surface area contributed by atoms with E-state index in [1.165, 1.54) is 70.6 Å². The Morgan fingerprint density at radius 1 is 0.833 bits per heavy atom. The molecule has 0 aromatic rings. The highest BCUT2D eigenvalue weighted by Crippen LogP contribution is 2.18. The van der Waals surface area contributed by atoms with E-state index in [1.807, 2.05) is 0 Å². The summed E-state index contributed by atoms with van der Waals surface area (Å²) < 4.78 is 11.1. The van der Waals surface area contributed by atoms with Gasteiger partial charge in [0.15, 0.2) is 0 Å². The predicted octanol–water partition coefficient (Wildman–Crippen LogP) is 4.84. The van der Waals surface area contributed by atoms with Gasteiger partial charge in [0, 0.05) is 0 Å². The molecule has 0 aromatic heterocycles. The van der Waals surface area contributed by atoms with Crippen molar-refractivity contribution >= 4 is 0 Å². The van der Waals surface area contributed by atoms with Gasteiger partial charge in [-0.15, -0.1) is 6.58 Å². The van der Waals surface area contributed by atoms with Crippen LogP contribution in [0.2, 0.25) is 0 Å². The summed E-state index contributed by atoms with van der Waals surface area (Å²) in [6.07, 6.45) is 17.0. The monoisotopic (exact) mass is 254 g/mol. The molecule has 0 radical (unpaired) electrons. The van der Waals surface area contributed by atoms with Gasteiger partial charge in [0.1, 0.15) is 6.79 Å². The molecule has 0 saturated heterocycles. The van der Waals surface area contributed by atoms with Crippen LogP contribution in [0.1, 0.15) is 70.6 Å². The van der Waals surface area contributed by atoms with E-state index in [2.05, 4.69) is 6.58 Å². The molecule has 1 fully saturated rings. The molecule has 0 heterocycles. The number of rotatable bonds is 5. The van der Waals surface area contributed by atoms with Gasteiger partial charge >= 0.3 is 0 Å². The van der Waals surface area contributed by atoms with Crippen LogP contribution in [0.3, 0.4) is 0 Å². The third-order valence-corrected chi connectivity index (χ3v) is 3.67. The smallest absolute Gasteiger partial charge is 0.147 e. The molecule has 0 amide bonds. The van der Waals surface area contributed by atoms with Crippen LogP contribution in [-0.2, 0) is 9.47 Å². The Kier molecular flexibility index (Phi) is 10.2. The van der Waals surface area contributed by atoms with Crippen LogP contribution >= 0.6 is 0 Å². The van der Waals surface area contributed by atoms with Crippen molar-refractivity contribution in [2.24, 2.45) is 0 Å². The van der Waals surface area contributed by atoms with E-state index >= 15 is 0 Å². The van der Waals surface area contributed by atoms with Gasteiger partial charge in [-0.1, -0.05) is 63.9 Å². The van der Waals surface area contributed by atoms with Gasteiger partial charge in [0.25, 0.3) is 0 Å². The van der Waals surface area contributed by atoms with E-state index in [-0.39, 0.29) is 0 Å². The Bertz CT molecular complexity index is 180. The zero-order valence-corrected chi connectivity index (χ0v) is 11.9. The Morgan fingerprint density at radius 3 is 1.83 bits per heavy atom. The van der Waals surface area contributed by atoms with Crippen LogP contribution in [0.25, 0.3) is 0 Å². The highest BCUT2D eigenvalue weighted by atomic mass is 16.7. The molecule has 2 heteroatoms. The number of ether oxygens (including phenoxy) is 2. The molecule has 1 rings (SSSR count). The summed E-state index contributed by atoms with van der Waals surface area (Å²) in [5, 5.41) is 0. The molecule has 1 aliphatic carbocycles. The maximum Gasteiger partial charge on any atom is 0.147 e. The zero-order chi connectivity index (χ0) is 12.9. The van der Waals surface area contributed by atoms with Crippen LogP contribution in [0.15, 0.2) is 12.7 Å². The van der Waals surface area contributed by atoms with Crippen molar-refractivity contribution in [3.8, 4) is 0 Å². The second kappa shape index (κ2) is 11.7. The van der Waals surface area contributed by atoms with E-state index in [1.54, 1.807) is 6.08 Å². The van der Waals surface area contributed by atoms with Crippen molar-refractivity contribution in [1.82, 2.24) is 0 Å². The molecule has 1 aliphatic rings. The minimum Gasteiger partial charge on any atom is -0.352 e. The predicted molar refractivity (Wildman–Crippen MR) is 76.7 cm³/mol. The first-order chi connectivity index (χ1) is 8.93. The number of hydrogen-bond donors (Lipinski definition) is 0. The first-order valence-electron chi connectivity index (χ1n) is 7.73. The SMILES string of the molecule is C=CCOCOC1CCCCCCCCCCC1. The molecule has 0 bridgehead atoms. The van der Waals surface area contributed by atoms with Crippen molar-refractivity contribution in [3.05, 3.63) is 12.7 Å². The summed E-state index contributed by atoms with van der Waals surface area (Å²) in [5.74, 6) is 0. The minimum absolute atomic E-state index is 0.411. The third kappa shape index (κ3) is 8.71.